The number of aromatic nitrogens is 8. The van der Waals surface area contributed by atoms with Crippen LogP contribution in [0.25, 0.3) is 11.6 Å². The van der Waals surface area contributed by atoms with Crippen LogP contribution in [0.3, 0.4) is 0 Å². The maximum absolute atomic E-state index is 13.8. The molecule has 2 saturated heterocycles. The Kier molecular flexibility index (Phi) is 18.1. The summed E-state index contributed by atoms with van der Waals surface area (Å²) in [6.07, 6.45) is 21.0. The van der Waals surface area contributed by atoms with Crippen LogP contribution >= 0.6 is 0 Å². The SMILES string of the molecule is CC1(C)C[C@H](CCCN)CN1c1nc(-n2ccc(OCCC3C4(CC4)C34CC4)n2)ccc1C(=O)NS(=O)(=O)c1cccc(F)n1.CC1(C)C[C@H](CCCNC(=O)OCc2ccccc2)CN1c1nc(-n2ccc(OCCC3C4(CC4)C34CC4)n2)ccc1C(=O)NS(=O)(=O)c1cccc(F)n1. The fourth-order valence-corrected chi connectivity index (χ4v) is 19.2. The highest BCUT2D eigenvalue weighted by Crippen LogP contribution is 2.94. The fraction of sp³-hybridized carbons (Fsp3) is 0.514. The average Bonchev–Trinajstić information content (AvgIpc) is 1.45. The minimum atomic E-state index is -4.50. The number of rotatable bonds is 27. The Morgan fingerprint density at radius 2 is 0.990 bits per heavy atom. The number of anilines is 2. The molecule has 3 amide bonds. The van der Waals surface area contributed by atoms with Gasteiger partial charge in [0.05, 0.1) is 24.3 Å². The van der Waals surface area contributed by atoms with E-state index in [9.17, 15) is 40.0 Å². The standard InChI is InChI=1S/C40H46FN7O6S.C32H40FN7O4S/c1-38(2)24-28(10-7-21-42-37(50)54-26-27-8-4-3-5-9-27)25-47(38)35-29(36(49)46-55(51,52)34-12-6-11-31(41)43-34)13-14-32(44-35)48-22-15-33(45-48)53-23-16-30-39(17-18-39)40(30)19-20-40;1-30(2)19-21(5-4-16-34)20-39(30)28-22(29(41)38-45(42,43)27-7-3-6-24(33)35-27)8-9-25(36-28)40-17-10-26(37-40)44-18-11-23-31(12-13-31)32(23)14-15-32/h3-6,8-9,11-15,22,28,30H,7,10,16-21,23-26H2,1-2H3,(H,42,50)(H,46,49);3,6-10,17,21,23H,4-5,11-16,18-20,34H2,1-2H3,(H,38,41)/t28-;21-/m00/s1. The molecule has 8 heterocycles. The Labute approximate surface area is 581 Å². The average molecular weight is 1410 g/mol. The van der Waals surface area contributed by atoms with Gasteiger partial charge in [0.25, 0.3) is 31.9 Å². The molecule has 8 fully saturated rings. The molecule has 28 heteroatoms. The Hall–Kier alpha value is -8.63. The Balaban J connectivity index is 0.000000174. The van der Waals surface area contributed by atoms with Crippen molar-refractivity contribution in [1.82, 2.24) is 54.3 Å². The van der Waals surface area contributed by atoms with Crippen molar-refractivity contribution < 1.29 is 54.2 Å². The number of hydrogen-bond donors (Lipinski definition) is 4. The molecule has 6 aliphatic carbocycles. The number of fused-ring (bicyclic) bond motifs is 2. The van der Waals surface area contributed by atoms with E-state index in [1.807, 2.05) is 49.1 Å². The van der Waals surface area contributed by atoms with Crippen molar-refractivity contribution in [3.05, 3.63) is 144 Å². The molecule has 0 unspecified atom stereocenters. The van der Waals surface area contributed by atoms with Crippen LogP contribution in [0.5, 0.6) is 11.8 Å². The zero-order valence-electron chi connectivity index (χ0n) is 56.7. The lowest BCUT2D eigenvalue weighted by atomic mass is 9.93. The maximum Gasteiger partial charge on any atom is 0.407 e. The molecule has 5 N–H and O–H groups in total. The quantitative estimate of drug-likeness (QED) is 0.0275. The number of hydrogen-bond acceptors (Lipinski definition) is 19. The fourth-order valence-electron chi connectivity index (χ4n) is 17.4. The third kappa shape index (κ3) is 13.7. The van der Waals surface area contributed by atoms with Gasteiger partial charge < -0.3 is 35.1 Å². The molecule has 100 heavy (non-hydrogen) atoms. The van der Waals surface area contributed by atoms with Crippen LogP contribution < -0.4 is 39.8 Å². The molecule has 15 rings (SSSR count). The number of sulfonamides is 2. The number of amides is 3. The smallest absolute Gasteiger partial charge is 0.407 e. The van der Waals surface area contributed by atoms with Crippen LogP contribution in [0.15, 0.2) is 126 Å². The van der Waals surface area contributed by atoms with Crippen LogP contribution in [0, 0.1) is 57.2 Å². The first-order valence-electron chi connectivity index (χ1n) is 34.9. The number of ether oxygens (including phenoxy) is 3. The van der Waals surface area contributed by atoms with Gasteiger partial charge in [-0.15, -0.1) is 10.2 Å². The number of alkyl carbamates (subject to hydrolysis) is 1. The van der Waals surface area contributed by atoms with Gasteiger partial charge in [-0.1, -0.05) is 42.5 Å². The number of nitrogens with one attached hydrogen (secondary N) is 3. The molecule has 4 spiro atoms. The summed E-state index contributed by atoms with van der Waals surface area (Å²) in [4.78, 5) is 60.3. The molecule has 7 aromatic rings. The Bertz CT molecular complexity index is 4440. The van der Waals surface area contributed by atoms with E-state index >= 15 is 0 Å². The van der Waals surface area contributed by atoms with Crippen molar-refractivity contribution >= 4 is 49.6 Å². The summed E-state index contributed by atoms with van der Waals surface area (Å²) in [5, 5.41) is 10.8. The summed E-state index contributed by atoms with van der Waals surface area (Å²) in [7, 11) is -8.95. The molecular formula is C72H86F2N14O10S2. The minimum Gasteiger partial charge on any atom is -0.477 e. The lowest BCUT2D eigenvalue weighted by Crippen LogP contribution is -2.41. The summed E-state index contributed by atoms with van der Waals surface area (Å²) in [5.41, 5.74) is 8.45. The molecule has 6 saturated carbocycles. The largest absolute Gasteiger partial charge is 0.477 e. The third-order valence-electron chi connectivity index (χ3n) is 22.7. The van der Waals surface area contributed by atoms with Crippen molar-refractivity contribution in [3.63, 3.8) is 0 Å². The number of nitrogens with zero attached hydrogens (tertiary/aromatic N) is 10. The van der Waals surface area contributed by atoms with Gasteiger partial charge in [-0.25, -0.2) is 43.5 Å². The van der Waals surface area contributed by atoms with E-state index in [2.05, 4.69) is 53.7 Å². The zero-order valence-corrected chi connectivity index (χ0v) is 58.4. The molecular weight excluding hydrogens is 1320 g/mol. The molecule has 8 aliphatic rings. The van der Waals surface area contributed by atoms with E-state index in [1.54, 1.807) is 52.1 Å². The van der Waals surface area contributed by atoms with Gasteiger partial charge in [0.15, 0.2) is 21.7 Å². The molecule has 1 aromatic carbocycles. The monoisotopic (exact) mass is 1410 g/mol. The van der Waals surface area contributed by atoms with E-state index in [4.69, 9.17) is 29.9 Å². The predicted molar refractivity (Wildman–Crippen MR) is 366 cm³/mol. The van der Waals surface area contributed by atoms with Crippen molar-refractivity contribution in [2.45, 2.75) is 158 Å². The minimum absolute atomic E-state index is 0.0244. The topological polar surface area (TPSA) is 303 Å². The van der Waals surface area contributed by atoms with Gasteiger partial charge >= 0.3 is 6.09 Å². The maximum atomic E-state index is 13.8. The predicted octanol–water partition coefficient (Wildman–Crippen LogP) is 10.4. The first kappa shape index (κ1) is 68.5. The number of carbonyl (C=O) groups excluding carboxylic acids is 3. The van der Waals surface area contributed by atoms with Crippen LogP contribution in [0.1, 0.15) is 157 Å². The number of carbonyl (C=O) groups is 3. The molecule has 2 atom stereocenters. The van der Waals surface area contributed by atoms with E-state index in [0.29, 0.717) is 103 Å². The molecule has 0 radical (unpaired) electrons. The zero-order chi connectivity index (χ0) is 70.0. The van der Waals surface area contributed by atoms with Gasteiger partial charge in [-0.2, -0.15) is 25.6 Å². The molecule has 0 bridgehead atoms. The van der Waals surface area contributed by atoms with Crippen LogP contribution in [-0.4, -0.2) is 125 Å². The summed E-state index contributed by atoms with van der Waals surface area (Å²) in [5.74, 6) is 0.801. The third-order valence-corrected chi connectivity index (χ3v) is 25.1. The van der Waals surface area contributed by atoms with Gasteiger partial charge in [0.2, 0.25) is 23.7 Å². The van der Waals surface area contributed by atoms with Crippen molar-refractivity contribution in [1.29, 1.82) is 0 Å². The van der Waals surface area contributed by atoms with Gasteiger partial charge in [-0.3, -0.25) is 9.59 Å². The van der Waals surface area contributed by atoms with Crippen molar-refractivity contribution in [3.8, 4) is 23.4 Å². The first-order valence-corrected chi connectivity index (χ1v) is 37.8. The first-order chi connectivity index (χ1) is 47.9. The van der Waals surface area contributed by atoms with E-state index < -0.39 is 65.4 Å². The second-order valence-electron chi connectivity index (χ2n) is 29.8. The van der Waals surface area contributed by atoms with E-state index in [1.165, 1.54) is 69.6 Å². The molecule has 530 valence electrons. The number of nitrogens with two attached hydrogens (primary N) is 1. The lowest BCUT2D eigenvalue weighted by Gasteiger charge is -2.34. The normalized spacial score (nSPS) is 20.9. The number of pyridine rings is 4. The highest BCUT2D eigenvalue weighted by molar-refractivity contribution is 7.90. The number of halogens is 2. The summed E-state index contributed by atoms with van der Waals surface area (Å²) in [6.45, 7) is 11.9. The van der Waals surface area contributed by atoms with Crippen LogP contribution in [-0.2, 0) is 31.4 Å². The molecule has 24 nitrogen and oxygen atoms in total. The van der Waals surface area contributed by atoms with E-state index in [0.717, 1.165) is 86.6 Å². The summed E-state index contributed by atoms with van der Waals surface area (Å²) < 4.78 is 104. The second kappa shape index (κ2) is 26.4. The Morgan fingerprint density at radius 1 is 0.550 bits per heavy atom. The van der Waals surface area contributed by atoms with Gasteiger partial charge in [0, 0.05) is 55.2 Å². The highest BCUT2D eigenvalue weighted by atomic mass is 32.2. The number of benzene rings is 1. The summed E-state index contributed by atoms with van der Waals surface area (Å²) >= 11 is 0. The highest BCUT2D eigenvalue weighted by Gasteiger charge is 2.86. The van der Waals surface area contributed by atoms with Gasteiger partial charge in [0.1, 0.15) is 18.2 Å². The Morgan fingerprint density at radius 3 is 1.41 bits per heavy atom. The van der Waals surface area contributed by atoms with Gasteiger partial charge in [-0.05, 0) is 236 Å². The second-order valence-corrected chi connectivity index (χ2v) is 33.1. The van der Waals surface area contributed by atoms with Crippen molar-refractivity contribution in [2.24, 2.45) is 51.1 Å². The van der Waals surface area contributed by atoms with E-state index in [-0.39, 0.29) is 35.0 Å². The summed E-state index contributed by atoms with van der Waals surface area (Å²) in [6, 6.07) is 26.1. The van der Waals surface area contributed by atoms with Crippen LogP contribution in [0.4, 0.5) is 25.2 Å². The molecule has 2 aliphatic heterocycles. The molecule has 6 aromatic heterocycles. The van der Waals surface area contributed by atoms with Crippen LogP contribution in [0.2, 0.25) is 0 Å². The lowest BCUT2D eigenvalue weighted by molar-refractivity contribution is 0.0972. The van der Waals surface area contributed by atoms with Crippen molar-refractivity contribution in [2.75, 3.05) is 49.2 Å².